The molecule has 186 valence electrons. The molecule has 0 aromatic heterocycles. The van der Waals surface area contributed by atoms with E-state index in [0.717, 1.165) is 11.1 Å². The lowest BCUT2D eigenvalue weighted by molar-refractivity contribution is -0.130. The van der Waals surface area contributed by atoms with Gasteiger partial charge in [0.15, 0.2) is 0 Å². The van der Waals surface area contributed by atoms with Gasteiger partial charge >= 0.3 is 6.09 Å². The molecular weight excluding hydrogens is 434 g/mol. The van der Waals surface area contributed by atoms with Crippen LogP contribution in [0.5, 0.6) is 0 Å². The molecule has 8 nitrogen and oxygen atoms in total. The van der Waals surface area contributed by atoms with E-state index in [2.05, 4.69) is 16.0 Å². The first-order chi connectivity index (χ1) is 16.1. The molecular formula is C26H37N3O5. The summed E-state index contributed by atoms with van der Waals surface area (Å²) in [6.07, 6.45) is -2.37. The summed E-state index contributed by atoms with van der Waals surface area (Å²) in [5.74, 6) is -0.166. The molecule has 0 fully saturated rings. The summed E-state index contributed by atoms with van der Waals surface area (Å²) in [6, 6.07) is 17.6. The predicted molar refractivity (Wildman–Crippen MR) is 132 cm³/mol. The standard InChI is InChI=1S/C26H37N3O5/c1-26(2,3)24(32)28-20(14-18-10-6-4-7-11-18)22(30)16-27-17-23(31)21(29-25(33)34)15-19-12-8-5-9-13-19/h4-13,20-23,27,29-31H,14-17H2,1-3H3,(H,28,32)(H,33,34)/t20-,21-,22?,23+/m0/s1. The smallest absolute Gasteiger partial charge is 0.404 e. The first-order valence-electron chi connectivity index (χ1n) is 11.5. The third-order valence-electron chi connectivity index (χ3n) is 5.54. The number of hydrogen-bond acceptors (Lipinski definition) is 5. The fourth-order valence-electron chi connectivity index (χ4n) is 3.51. The Kier molecular flexibility index (Phi) is 10.5. The maximum atomic E-state index is 12.6. The zero-order valence-corrected chi connectivity index (χ0v) is 20.1. The van der Waals surface area contributed by atoms with Crippen LogP contribution in [0.2, 0.25) is 0 Å². The molecule has 2 aromatic carbocycles. The molecule has 0 heterocycles. The van der Waals surface area contributed by atoms with Gasteiger partial charge in [0.05, 0.1) is 24.3 Å². The number of amides is 2. The van der Waals surface area contributed by atoms with Gasteiger partial charge in [0.2, 0.25) is 5.91 Å². The van der Waals surface area contributed by atoms with Crippen molar-refractivity contribution < 1.29 is 24.9 Å². The molecule has 0 spiro atoms. The first-order valence-corrected chi connectivity index (χ1v) is 11.5. The summed E-state index contributed by atoms with van der Waals surface area (Å²) in [7, 11) is 0. The van der Waals surface area contributed by atoms with E-state index in [-0.39, 0.29) is 19.0 Å². The van der Waals surface area contributed by atoms with Crippen molar-refractivity contribution in [1.82, 2.24) is 16.0 Å². The fourth-order valence-corrected chi connectivity index (χ4v) is 3.51. The zero-order valence-electron chi connectivity index (χ0n) is 20.1. The van der Waals surface area contributed by atoms with Gasteiger partial charge in [-0.2, -0.15) is 0 Å². The number of benzene rings is 2. The number of hydrogen-bond donors (Lipinski definition) is 6. The molecule has 2 amide bonds. The highest BCUT2D eigenvalue weighted by Crippen LogP contribution is 2.15. The second-order valence-corrected chi connectivity index (χ2v) is 9.56. The highest BCUT2D eigenvalue weighted by Gasteiger charge is 2.28. The molecule has 0 saturated heterocycles. The summed E-state index contributed by atoms with van der Waals surface area (Å²) in [4.78, 5) is 23.8. The molecule has 0 aliphatic carbocycles. The quantitative estimate of drug-likeness (QED) is 0.281. The number of carbonyl (C=O) groups is 2. The Labute approximate surface area is 201 Å². The third kappa shape index (κ3) is 9.51. The second kappa shape index (κ2) is 13.1. The average molecular weight is 472 g/mol. The van der Waals surface area contributed by atoms with Crippen LogP contribution in [0.15, 0.2) is 60.7 Å². The summed E-state index contributed by atoms with van der Waals surface area (Å²) in [5.41, 5.74) is 1.27. The van der Waals surface area contributed by atoms with E-state index in [1.807, 2.05) is 81.4 Å². The Morgan fingerprint density at radius 2 is 1.18 bits per heavy atom. The van der Waals surface area contributed by atoms with E-state index in [4.69, 9.17) is 5.11 Å². The van der Waals surface area contributed by atoms with Crippen molar-refractivity contribution in [3.8, 4) is 0 Å². The molecule has 34 heavy (non-hydrogen) atoms. The van der Waals surface area contributed by atoms with Crippen molar-refractivity contribution in [2.24, 2.45) is 5.41 Å². The lowest BCUT2D eigenvalue weighted by atomic mass is 9.93. The molecule has 4 atom stereocenters. The van der Waals surface area contributed by atoms with Gasteiger partial charge in [-0.25, -0.2) is 4.79 Å². The number of nitrogens with one attached hydrogen (secondary N) is 3. The minimum Gasteiger partial charge on any atom is -0.465 e. The van der Waals surface area contributed by atoms with Crippen LogP contribution < -0.4 is 16.0 Å². The molecule has 0 aliphatic heterocycles. The van der Waals surface area contributed by atoms with Gasteiger partial charge in [-0.3, -0.25) is 4.79 Å². The maximum Gasteiger partial charge on any atom is 0.404 e. The molecule has 1 unspecified atom stereocenters. The van der Waals surface area contributed by atoms with Crippen molar-refractivity contribution in [2.45, 2.75) is 57.9 Å². The molecule has 2 aromatic rings. The van der Waals surface area contributed by atoms with Gasteiger partial charge in [-0.1, -0.05) is 81.4 Å². The predicted octanol–water partition coefficient (Wildman–Crippen LogP) is 1.95. The van der Waals surface area contributed by atoms with Gasteiger partial charge in [0.1, 0.15) is 0 Å². The van der Waals surface area contributed by atoms with Gasteiger partial charge in [-0.05, 0) is 24.0 Å². The van der Waals surface area contributed by atoms with Crippen molar-refractivity contribution in [3.05, 3.63) is 71.8 Å². The van der Waals surface area contributed by atoms with Crippen LogP contribution in [0.1, 0.15) is 31.9 Å². The van der Waals surface area contributed by atoms with Crippen LogP contribution >= 0.6 is 0 Å². The first kappa shape index (κ1) is 27.3. The van der Waals surface area contributed by atoms with Crippen molar-refractivity contribution in [2.75, 3.05) is 13.1 Å². The van der Waals surface area contributed by atoms with Crippen LogP contribution in [0.25, 0.3) is 0 Å². The average Bonchev–Trinajstić information content (AvgIpc) is 2.78. The molecule has 0 aliphatic rings. The maximum absolute atomic E-state index is 12.6. The van der Waals surface area contributed by atoms with E-state index in [0.29, 0.717) is 12.8 Å². The third-order valence-corrected chi connectivity index (χ3v) is 5.54. The van der Waals surface area contributed by atoms with Crippen LogP contribution in [0.3, 0.4) is 0 Å². The topological polar surface area (TPSA) is 131 Å². The normalized spacial score (nSPS) is 15.1. The van der Waals surface area contributed by atoms with E-state index in [1.54, 1.807) is 0 Å². The monoisotopic (exact) mass is 471 g/mol. The fraction of sp³-hybridized carbons (Fsp3) is 0.462. The number of aliphatic hydroxyl groups is 2. The SMILES string of the molecule is CC(C)(C)C(=O)N[C@@H](Cc1ccccc1)C(O)CNC[C@@H](O)[C@H](Cc1ccccc1)NC(=O)O. The number of carboxylic acid groups (broad SMARTS) is 1. The van der Waals surface area contributed by atoms with Crippen molar-refractivity contribution >= 4 is 12.0 Å². The van der Waals surface area contributed by atoms with Gasteiger partial charge < -0.3 is 31.3 Å². The number of aliphatic hydroxyl groups excluding tert-OH is 2. The summed E-state index contributed by atoms with van der Waals surface area (Å²) in [5, 5.41) is 39.0. The minimum atomic E-state index is -1.21. The second-order valence-electron chi connectivity index (χ2n) is 9.56. The summed E-state index contributed by atoms with van der Waals surface area (Å²) >= 11 is 0. The van der Waals surface area contributed by atoms with Crippen LogP contribution in [0.4, 0.5) is 4.79 Å². The van der Waals surface area contributed by atoms with Gasteiger partial charge in [-0.15, -0.1) is 0 Å². The molecule has 0 saturated carbocycles. The number of carbonyl (C=O) groups excluding carboxylic acids is 1. The summed E-state index contributed by atoms with van der Waals surface area (Å²) in [6.45, 7) is 5.62. The molecule has 0 bridgehead atoms. The largest absolute Gasteiger partial charge is 0.465 e. The Balaban J connectivity index is 1.98. The minimum absolute atomic E-state index is 0.0696. The Hall–Kier alpha value is -2.94. The van der Waals surface area contributed by atoms with Crippen LogP contribution in [0, 0.1) is 5.41 Å². The van der Waals surface area contributed by atoms with E-state index < -0.39 is 35.8 Å². The molecule has 6 N–H and O–H groups in total. The molecule has 2 rings (SSSR count). The van der Waals surface area contributed by atoms with E-state index in [9.17, 15) is 19.8 Å². The van der Waals surface area contributed by atoms with E-state index in [1.165, 1.54) is 0 Å². The lowest BCUT2D eigenvalue weighted by Gasteiger charge is -2.29. The summed E-state index contributed by atoms with van der Waals surface area (Å²) < 4.78 is 0. The zero-order chi connectivity index (χ0) is 25.1. The Morgan fingerprint density at radius 1 is 0.765 bits per heavy atom. The Morgan fingerprint density at radius 3 is 1.56 bits per heavy atom. The molecule has 0 radical (unpaired) electrons. The molecule has 8 heteroatoms. The highest BCUT2D eigenvalue weighted by molar-refractivity contribution is 5.81. The van der Waals surface area contributed by atoms with E-state index >= 15 is 0 Å². The van der Waals surface area contributed by atoms with Crippen LogP contribution in [-0.4, -0.2) is 64.7 Å². The van der Waals surface area contributed by atoms with Gasteiger partial charge in [0.25, 0.3) is 0 Å². The highest BCUT2D eigenvalue weighted by atomic mass is 16.4. The van der Waals surface area contributed by atoms with Crippen LogP contribution in [-0.2, 0) is 17.6 Å². The Bertz CT molecular complexity index is 886. The van der Waals surface area contributed by atoms with Gasteiger partial charge in [0, 0.05) is 18.5 Å². The van der Waals surface area contributed by atoms with Crippen molar-refractivity contribution in [1.29, 1.82) is 0 Å². The lowest BCUT2D eigenvalue weighted by Crippen LogP contribution is -2.53. The number of rotatable bonds is 12. The van der Waals surface area contributed by atoms with Crippen molar-refractivity contribution in [3.63, 3.8) is 0 Å².